The van der Waals surface area contributed by atoms with Gasteiger partial charge in [-0.25, -0.2) is 0 Å². The predicted octanol–water partition coefficient (Wildman–Crippen LogP) is 5.36. The van der Waals surface area contributed by atoms with E-state index in [-0.39, 0.29) is 6.61 Å². The lowest BCUT2D eigenvalue weighted by Crippen LogP contribution is -2.60. The van der Waals surface area contributed by atoms with Crippen molar-refractivity contribution in [1.29, 1.82) is 0 Å². The van der Waals surface area contributed by atoms with Crippen LogP contribution in [0.15, 0.2) is 59.8 Å². The second-order valence-electron chi connectivity index (χ2n) is 10.3. The van der Waals surface area contributed by atoms with Gasteiger partial charge in [-0.3, -0.25) is 23.7 Å². The number of hydrogen-bond donors (Lipinski definition) is 0. The summed E-state index contributed by atoms with van der Waals surface area (Å²) in [6, 6.07) is 17.3. The fourth-order valence-corrected chi connectivity index (χ4v) is 7.47. The van der Waals surface area contributed by atoms with Gasteiger partial charge in [0.1, 0.15) is 12.7 Å². The third-order valence-electron chi connectivity index (χ3n) is 6.83. The monoisotopic (exact) mass is 687 g/mol. The minimum absolute atomic E-state index is 0.294. The highest BCUT2D eigenvalue weighted by molar-refractivity contribution is 7.98. The minimum Gasteiger partial charge on any atom is -0.463 e. The summed E-state index contributed by atoms with van der Waals surface area (Å²) in [6.45, 7) is 4.37. The number of esters is 4. The van der Waals surface area contributed by atoms with E-state index in [0.717, 1.165) is 15.6 Å². The van der Waals surface area contributed by atoms with Gasteiger partial charge in [0.25, 0.3) is 0 Å². The summed E-state index contributed by atoms with van der Waals surface area (Å²) < 4.78 is 31.3. The van der Waals surface area contributed by atoms with Crippen molar-refractivity contribution < 1.29 is 42.9 Å². The van der Waals surface area contributed by atoms with Crippen molar-refractivity contribution in [3.63, 3.8) is 0 Å². The molecule has 46 heavy (non-hydrogen) atoms. The highest BCUT2D eigenvalue weighted by Crippen LogP contribution is 2.45. The Balaban J connectivity index is 1.69. The molecule has 0 amide bonds. The van der Waals surface area contributed by atoms with E-state index >= 15 is 0 Å². The molecule has 0 unspecified atom stereocenters. The highest BCUT2D eigenvalue weighted by atomic mass is 35.5. The number of benzene rings is 2. The Morgan fingerprint density at radius 3 is 2.13 bits per heavy atom. The smallest absolute Gasteiger partial charge is 0.303 e. The Kier molecular flexibility index (Phi) is 10.6. The highest BCUT2D eigenvalue weighted by Gasteiger charge is 2.54. The van der Waals surface area contributed by atoms with Crippen LogP contribution < -0.4 is 0 Å². The maximum absolute atomic E-state index is 12.5. The van der Waals surface area contributed by atoms with Crippen molar-refractivity contribution in [2.24, 2.45) is 0 Å². The summed E-state index contributed by atoms with van der Waals surface area (Å²) >= 11 is 9.63. The van der Waals surface area contributed by atoms with E-state index in [1.165, 1.54) is 50.8 Å². The van der Waals surface area contributed by atoms with Gasteiger partial charge >= 0.3 is 23.9 Å². The van der Waals surface area contributed by atoms with E-state index in [1.54, 1.807) is 4.57 Å². The predicted molar refractivity (Wildman–Crippen MR) is 169 cm³/mol. The van der Waals surface area contributed by atoms with Crippen LogP contribution >= 0.6 is 34.7 Å². The molecule has 15 heteroatoms. The topological polar surface area (TPSA) is 145 Å². The van der Waals surface area contributed by atoms with Gasteiger partial charge in [-0.2, -0.15) is 0 Å². The van der Waals surface area contributed by atoms with E-state index in [4.69, 9.17) is 35.3 Å². The second-order valence-corrected chi connectivity index (χ2v) is 12.7. The standard InChI is InChI=1S/C31H30ClN3O9S2/c1-16(36)40-14-22-25(41-17(2)37)26(42-18(3)38)27(43-19(4)39)30(44-22)35-29(28-24(32)21-12-8-9-13-23(21)46-28)33-34-31(35)45-15-20-10-6-5-7-11-20/h5-13,22,25-27,30H,14-15H2,1-4H3/t22-,25-,26+,27-,30-/m1/s1. The van der Waals surface area contributed by atoms with Crippen molar-refractivity contribution in [2.45, 2.75) is 69.2 Å². The quantitative estimate of drug-likeness (QED) is 0.120. The maximum atomic E-state index is 12.5. The van der Waals surface area contributed by atoms with E-state index < -0.39 is 54.5 Å². The molecule has 3 heterocycles. The lowest BCUT2D eigenvalue weighted by Gasteiger charge is -2.45. The van der Waals surface area contributed by atoms with Crippen LogP contribution in [0.2, 0.25) is 5.02 Å². The molecule has 1 saturated heterocycles. The van der Waals surface area contributed by atoms with Crippen molar-refractivity contribution in [3.8, 4) is 10.7 Å². The number of thioether (sulfide) groups is 1. The summed E-state index contributed by atoms with van der Waals surface area (Å²) in [5, 5.41) is 10.6. The molecule has 1 fully saturated rings. The fraction of sp³-hybridized carbons (Fsp3) is 0.355. The SMILES string of the molecule is CC(=O)OC[C@H]1O[C@@H](n2c(SCc3ccccc3)nnc2-c2sc3ccccc3c2Cl)[C@H](OC(C)=O)[C@@H](OC(C)=O)[C@@H]1OC(C)=O. The zero-order valence-electron chi connectivity index (χ0n) is 25.2. The molecule has 12 nitrogen and oxygen atoms in total. The van der Waals surface area contributed by atoms with Crippen molar-refractivity contribution >= 4 is 68.7 Å². The second kappa shape index (κ2) is 14.6. The van der Waals surface area contributed by atoms with Gasteiger partial charge in [0.15, 0.2) is 35.5 Å². The van der Waals surface area contributed by atoms with E-state index in [0.29, 0.717) is 26.6 Å². The van der Waals surface area contributed by atoms with E-state index in [2.05, 4.69) is 10.2 Å². The van der Waals surface area contributed by atoms with Crippen molar-refractivity contribution in [2.75, 3.05) is 6.61 Å². The first kappa shape index (κ1) is 33.4. The maximum Gasteiger partial charge on any atom is 0.303 e. The molecule has 0 radical (unpaired) electrons. The van der Waals surface area contributed by atoms with Gasteiger partial charge < -0.3 is 23.7 Å². The van der Waals surface area contributed by atoms with Crippen LogP contribution in [0.5, 0.6) is 0 Å². The Hall–Kier alpha value is -3.98. The van der Waals surface area contributed by atoms with Gasteiger partial charge in [0, 0.05) is 43.5 Å². The molecule has 5 atom stereocenters. The number of halogens is 1. The van der Waals surface area contributed by atoms with Gasteiger partial charge in [-0.15, -0.1) is 21.5 Å². The number of nitrogens with zero attached hydrogens (tertiary/aromatic N) is 3. The molecule has 0 N–H and O–H groups in total. The first-order chi connectivity index (χ1) is 22.0. The fourth-order valence-electron chi connectivity index (χ4n) is 5.05. The van der Waals surface area contributed by atoms with Gasteiger partial charge in [0.2, 0.25) is 0 Å². The van der Waals surface area contributed by atoms with Crippen LogP contribution in [0.25, 0.3) is 20.8 Å². The molecule has 0 aliphatic carbocycles. The Labute approximate surface area is 277 Å². The van der Waals surface area contributed by atoms with Crippen LogP contribution in [-0.2, 0) is 48.6 Å². The normalized spacial score (nSPS) is 21.0. The lowest BCUT2D eigenvalue weighted by molar-refractivity contribution is -0.269. The van der Waals surface area contributed by atoms with E-state index in [1.807, 2.05) is 54.6 Å². The van der Waals surface area contributed by atoms with Crippen LogP contribution in [0.3, 0.4) is 0 Å². The molecular formula is C31H30ClN3O9S2. The molecule has 1 aliphatic heterocycles. The molecule has 5 rings (SSSR count). The number of fused-ring (bicyclic) bond motifs is 1. The van der Waals surface area contributed by atoms with Gasteiger partial charge in [-0.1, -0.05) is 71.9 Å². The molecule has 4 aromatic rings. The molecular weight excluding hydrogens is 658 g/mol. The zero-order chi connectivity index (χ0) is 33.0. The number of hydrogen-bond acceptors (Lipinski definition) is 13. The van der Waals surface area contributed by atoms with Crippen LogP contribution in [-0.4, -0.2) is 69.7 Å². The van der Waals surface area contributed by atoms with Crippen LogP contribution in [0.4, 0.5) is 0 Å². The minimum atomic E-state index is -1.37. The molecule has 2 aromatic heterocycles. The van der Waals surface area contributed by atoms with Crippen molar-refractivity contribution in [3.05, 3.63) is 65.2 Å². The summed E-state index contributed by atoms with van der Waals surface area (Å²) in [5.41, 5.74) is 1.00. The number of aromatic nitrogens is 3. The number of carbonyl (C=O) groups excluding carboxylic acids is 4. The molecule has 1 aliphatic rings. The Bertz CT molecular complexity index is 1750. The van der Waals surface area contributed by atoms with Crippen LogP contribution in [0.1, 0.15) is 39.5 Å². The van der Waals surface area contributed by atoms with Gasteiger partial charge in [0.05, 0.1) is 9.90 Å². The molecule has 0 bridgehead atoms. The number of carbonyl (C=O) groups is 4. The molecule has 242 valence electrons. The largest absolute Gasteiger partial charge is 0.463 e. The summed E-state index contributed by atoms with van der Waals surface area (Å²) in [4.78, 5) is 49.6. The Morgan fingerprint density at radius 2 is 1.48 bits per heavy atom. The molecule has 0 spiro atoms. The van der Waals surface area contributed by atoms with Gasteiger partial charge in [-0.05, 0) is 11.6 Å². The molecule has 2 aromatic carbocycles. The van der Waals surface area contributed by atoms with Crippen LogP contribution in [0, 0.1) is 0 Å². The third kappa shape index (κ3) is 7.52. The molecule has 0 saturated carbocycles. The first-order valence-corrected chi connectivity index (χ1v) is 16.3. The van der Waals surface area contributed by atoms with Crippen molar-refractivity contribution in [1.82, 2.24) is 14.8 Å². The summed E-state index contributed by atoms with van der Waals surface area (Å²) in [5.74, 6) is -2.01. The van der Waals surface area contributed by atoms with E-state index in [9.17, 15) is 19.2 Å². The third-order valence-corrected chi connectivity index (χ3v) is 9.52. The Morgan fingerprint density at radius 1 is 0.848 bits per heavy atom. The zero-order valence-corrected chi connectivity index (χ0v) is 27.6. The average Bonchev–Trinajstić information content (AvgIpc) is 3.57. The number of thiophene rings is 1. The number of rotatable bonds is 10. The summed E-state index contributed by atoms with van der Waals surface area (Å²) in [7, 11) is 0. The first-order valence-electron chi connectivity index (χ1n) is 14.1. The lowest BCUT2D eigenvalue weighted by atomic mass is 9.97. The number of ether oxygens (including phenoxy) is 5. The summed E-state index contributed by atoms with van der Waals surface area (Å²) in [6.07, 6.45) is -6.46. The average molecular weight is 688 g/mol.